The predicted molar refractivity (Wildman–Crippen MR) is 59.0 cm³/mol. The van der Waals surface area contributed by atoms with Crippen molar-refractivity contribution in [3.8, 4) is 0 Å². The van der Waals surface area contributed by atoms with Crippen LogP contribution in [0, 0.1) is 13.8 Å². The van der Waals surface area contributed by atoms with Gasteiger partial charge in [0.05, 0.1) is 7.11 Å². The zero-order chi connectivity index (χ0) is 12.1. The maximum atomic E-state index is 11.3. The highest BCUT2D eigenvalue weighted by molar-refractivity contribution is 5.75. The van der Waals surface area contributed by atoms with Crippen LogP contribution >= 0.6 is 0 Å². The predicted octanol–water partition coefficient (Wildman–Crippen LogP) is 0.0460. The van der Waals surface area contributed by atoms with Gasteiger partial charge in [0.15, 0.2) is 0 Å². The second-order valence-corrected chi connectivity index (χ2v) is 3.58. The van der Waals surface area contributed by atoms with Crippen LogP contribution in [0.15, 0.2) is 0 Å². The summed E-state index contributed by atoms with van der Waals surface area (Å²) in [4.78, 5) is 15.5. The number of carbonyl (C=O) groups excluding carboxylic acids is 1. The van der Waals surface area contributed by atoms with Crippen molar-refractivity contribution >= 4 is 5.97 Å². The number of hydrogen-bond acceptors (Lipinski definition) is 5. The fourth-order valence-electron chi connectivity index (χ4n) is 1.55. The van der Waals surface area contributed by atoms with Crippen molar-refractivity contribution in [3.05, 3.63) is 11.6 Å². The van der Waals surface area contributed by atoms with Gasteiger partial charge in [-0.2, -0.15) is 5.10 Å². The molecule has 1 aromatic rings. The third-order valence-corrected chi connectivity index (χ3v) is 2.43. The van der Waals surface area contributed by atoms with E-state index in [4.69, 9.17) is 0 Å². The Kier molecular flexibility index (Phi) is 4.42. The Labute approximate surface area is 95.0 Å². The molecule has 6 nitrogen and oxygen atoms in total. The van der Waals surface area contributed by atoms with Crippen molar-refractivity contribution in [2.75, 3.05) is 14.2 Å². The second-order valence-electron chi connectivity index (χ2n) is 3.58. The summed E-state index contributed by atoms with van der Waals surface area (Å²) in [5.41, 5.74) is 0. The van der Waals surface area contributed by atoms with Gasteiger partial charge in [0.25, 0.3) is 0 Å². The first-order valence-electron chi connectivity index (χ1n) is 5.21. The van der Waals surface area contributed by atoms with Gasteiger partial charge in [-0.3, -0.25) is 9.48 Å². The van der Waals surface area contributed by atoms with E-state index in [0.29, 0.717) is 13.0 Å². The maximum Gasteiger partial charge on any atom is 0.322 e. The zero-order valence-corrected chi connectivity index (χ0v) is 10.1. The van der Waals surface area contributed by atoms with Gasteiger partial charge in [0, 0.05) is 6.54 Å². The Hall–Kier alpha value is -1.43. The molecule has 0 bridgehead atoms. The average Bonchev–Trinajstić information content (AvgIpc) is 2.58. The molecule has 1 atom stereocenters. The summed E-state index contributed by atoms with van der Waals surface area (Å²) < 4.78 is 6.47. The van der Waals surface area contributed by atoms with Crippen LogP contribution in [0.2, 0.25) is 0 Å². The number of esters is 1. The molecule has 1 rings (SSSR count). The van der Waals surface area contributed by atoms with Crippen LogP contribution in [0.3, 0.4) is 0 Å². The Bertz CT molecular complexity index is 362. The first-order valence-corrected chi connectivity index (χ1v) is 5.21. The lowest BCUT2D eigenvalue weighted by Crippen LogP contribution is -2.36. The van der Waals surface area contributed by atoms with E-state index in [0.717, 1.165) is 11.6 Å². The van der Waals surface area contributed by atoms with Gasteiger partial charge in [-0.25, -0.2) is 4.98 Å². The number of rotatable bonds is 5. The van der Waals surface area contributed by atoms with Crippen molar-refractivity contribution in [1.29, 1.82) is 0 Å². The van der Waals surface area contributed by atoms with E-state index in [2.05, 4.69) is 20.1 Å². The van der Waals surface area contributed by atoms with Gasteiger partial charge >= 0.3 is 5.97 Å². The van der Waals surface area contributed by atoms with E-state index >= 15 is 0 Å². The third-order valence-electron chi connectivity index (χ3n) is 2.43. The topological polar surface area (TPSA) is 69.0 Å². The van der Waals surface area contributed by atoms with Gasteiger partial charge in [0.1, 0.15) is 17.7 Å². The van der Waals surface area contributed by atoms with Crippen LogP contribution in [-0.4, -0.2) is 40.9 Å². The molecule has 0 fully saturated rings. The standard InChI is InChI=1S/C10H18N4O2/c1-7-12-8(2)14(13-7)6-5-9(11-3)10(15)16-4/h9,11H,5-6H2,1-4H3. The van der Waals surface area contributed by atoms with Crippen LogP contribution in [0.5, 0.6) is 0 Å². The van der Waals surface area contributed by atoms with E-state index < -0.39 is 0 Å². The number of carbonyl (C=O) groups is 1. The van der Waals surface area contributed by atoms with Crippen molar-refractivity contribution < 1.29 is 9.53 Å². The molecule has 16 heavy (non-hydrogen) atoms. The fraction of sp³-hybridized carbons (Fsp3) is 0.700. The Balaban J connectivity index is 2.56. The van der Waals surface area contributed by atoms with Crippen LogP contribution in [0.25, 0.3) is 0 Å². The van der Waals surface area contributed by atoms with E-state index in [1.165, 1.54) is 7.11 Å². The number of methoxy groups -OCH3 is 1. The minimum Gasteiger partial charge on any atom is -0.468 e. The molecule has 0 saturated heterocycles. The number of likely N-dealkylation sites (N-methyl/N-ethyl adjacent to an activating group) is 1. The molecule has 0 aromatic carbocycles. The molecule has 90 valence electrons. The molecule has 1 heterocycles. The molecule has 1 unspecified atom stereocenters. The highest BCUT2D eigenvalue weighted by Crippen LogP contribution is 2.01. The molecule has 0 saturated carbocycles. The smallest absolute Gasteiger partial charge is 0.322 e. The average molecular weight is 226 g/mol. The molecule has 6 heteroatoms. The number of aromatic nitrogens is 3. The van der Waals surface area contributed by atoms with Gasteiger partial charge in [-0.1, -0.05) is 0 Å². The summed E-state index contributed by atoms with van der Waals surface area (Å²) in [6.45, 7) is 4.39. The minimum absolute atomic E-state index is 0.253. The molecule has 0 radical (unpaired) electrons. The van der Waals surface area contributed by atoms with Crippen LogP contribution in [-0.2, 0) is 16.1 Å². The van der Waals surface area contributed by atoms with E-state index in [1.807, 2.05) is 13.8 Å². The molecule has 0 amide bonds. The Morgan fingerprint density at radius 3 is 2.69 bits per heavy atom. The lowest BCUT2D eigenvalue weighted by Gasteiger charge is -2.13. The van der Waals surface area contributed by atoms with Crippen LogP contribution < -0.4 is 5.32 Å². The zero-order valence-electron chi connectivity index (χ0n) is 10.1. The van der Waals surface area contributed by atoms with Crippen LogP contribution in [0.1, 0.15) is 18.1 Å². The van der Waals surface area contributed by atoms with E-state index in [1.54, 1.807) is 11.7 Å². The van der Waals surface area contributed by atoms with Gasteiger partial charge in [-0.15, -0.1) is 0 Å². The molecule has 0 aliphatic carbocycles. The molecule has 0 aliphatic rings. The molecule has 1 N–H and O–H groups in total. The molecule has 1 aromatic heterocycles. The minimum atomic E-state index is -0.297. The second kappa shape index (κ2) is 5.60. The van der Waals surface area contributed by atoms with Crippen molar-refractivity contribution in [2.24, 2.45) is 0 Å². The summed E-state index contributed by atoms with van der Waals surface area (Å²) in [5, 5.41) is 7.14. The maximum absolute atomic E-state index is 11.3. The Morgan fingerprint density at radius 1 is 1.56 bits per heavy atom. The third kappa shape index (κ3) is 3.03. The van der Waals surface area contributed by atoms with E-state index in [9.17, 15) is 4.79 Å². The summed E-state index contributed by atoms with van der Waals surface area (Å²) in [7, 11) is 3.12. The number of hydrogen-bond donors (Lipinski definition) is 1. The van der Waals surface area contributed by atoms with E-state index in [-0.39, 0.29) is 12.0 Å². The number of ether oxygens (including phenoxy) is 1. The van der Waals surface area contributed by atoms with Crippen molar-refractivity contribution in [3.63, 3.8) is 0 Å². The summed E-state index contributed by atoms with van der Waals surface area (Å²) in [5.74, 6) is 1.35. The summed E-state index contributed by atoms with van der Waals surface area (Å²) >= 11 is 0. The van der Waals surface area contributed by atoms with Crippen molar-refractivity contribution in [1.82, 2.24) is 20.1 Å². The van der Waals surface area contributed by atoms with Gasteiger partial charge < -0.3 is 10.1 Å². The normalized spacial score (nSPS) is 12.5. The highest BCUT2D eigenvalue weighted by atomic mass is 16.5. The molecule has 0 aliphatic heterocycles. The Morgan fingerprint density at radius 2 is 2.25 bits per heavy atom. The number of nitrogens with one attached hydrogen (secondary N) is 1. The first kappa shape index (κ1) is 12.6. The number of nitrogens with zero attached hydrogens (tertiary/aromatic N) is 3. The van der Waals surface area contributed by atoms with Gasteiger partial charge in [0.2, 0.25) is 0 Å². The van der Waals surface area contributed by atoms with Crippen LogP contribution in [0.4, 0.5) is 0 Å². The van der Waals surface area contributed by atoms with Gasteiger partial charge in [-0.05, 0) is 27.3 Å². The van der Waals surface area contributed by atoms with Crippen molar-refractivity contribution in [2.45, 2.75) is 32.9 Å². The monoisotopic (exact) mass is 226 g/mol. The largest absolute Gasteiger partial charge is 0.468 e. The molecule has 0 spiro atoms. The first-order chi connectivity index (χ1) is 7.58. The SMILES string of the molecule is CNC(CCn1nc(C)nc1C)C(=O)OC. The summed E-state index contributed by atoms with van der Waals surface area (Å²) in [6, 6.07) is -0.297. The lowest BCUT2D eigenvalue weighted by atomic mass is 10.2. The highest BCUT2D eigenvalue weighted by Gasteiger charge is 2.17. The molecular weight excluding hydrogens is 208 g/mol. The summed E-state index contributed by atoms with van der Waals surface area (Å²) in [6.07, 6.45) is 0.632. The molecular formula is C10H18N4O2. The fourth-order valence-corrected chi connectivity index (χ4v) is 1.55. The lowest BCUT2D eigenvalue weighted by molar-refractivity contribution is -0.143. The number of aryl methyl sites for hydroxylation is 3. The quantitative estimate of drug-likeness (QED) is 0.718.